The molecule has 0 aliphatic carbocycles. The highest BCUT2D eigenvalue weighted by Crippen LogP contribution is 2.28. The number of hydrogen-bond acceptors (Lipinski definition) is 8. The van der Waals surface area contributed by atoms with Crippen LogP contribution in [-0.4, -0.2) is 44.7 Å². The predicted molar refractivity (Wildman–Crippen MR) is 138 cm³/mol. The molecule has 36 heavy (non-hydrogen) atoms. The molecule has 0 radical (unpaired) electrons. The first-order valence-electron chi connectivity index (χ1n) is 10.5. The highest BCUT2D eigenvalue weighted by atomic mass is 35.5. The van der Waals surface area contributed by atoms with Crippen molar-refractivity contribution in [3.63, 3.8) is 0 Å². The van der Waals surface area contributed by atoms with Crippen LogP contribution in [0.5, 0.6) is 5.75 Å². The molecule has 4 aromatic rings. The van der Waals surface area contributed by atoms with E-state index in [0.717, 1.165) is 11.3 Å². The average Bonchev–Trinajstić information content (AvgIpc) is 3.33. The van der Waals surface area contributed by atoms with Crippen LogP contribution >= 0.6 is 23.4 Å². The van der Waals surface area contributed by atoms with Crippen LogP contribution < -0.4 is 10.2 Å². The van der Waals surface area contributed by atoms with Gasteiger partial charge >= 0.3 is 0 Å². The van der Waals surface area contributed by atoms with Crippen molar-refractivity contribution in [1.29, 1.82) is 0 Å². The van der Waals surface area contributed by atoms with Crippen molar-refractivity contribution in [3.05, 3.63) is 93.5 Å². The molecular formula is C24H19ClN6O4S. The van der Waals surface area contributed by atoms with Crippen molar-refractivity contribution in [2.24, 2.45) is 5.10 Å². The number of nitrogens with one attached hydrogen (secondary N) is 1. The molecule has 0 aliphatic rings. The Morgan fingerprint density at radius 1 is 1.17 bits per heavy atom. The van der Waals surface area contributed by atoms with Gasteiger partial charge in [0.2, 0.25) is 0 Å². The third kappa shape index (κ3) is 5.88. The van der Waals surface area contributed by atoms with Crippen LogP contribution in [0.25, 0.3) is 17.1 Å². The van der Waals surface area contributed by atoms with Gasteiger partial charge in [0.15, 0.2) is 11.0 Å². The summed E-state index contributed by atoms with van der Waals surface area (Å²) in [5.74, 6) is 0.942. The maximum Gasteiger partial charge on any atom is 0.270 e. The minimum absolute atomic E-state index is 0.00306. The lowest BCUT2D eigenvalue weighted by atomic mass is 10.2. The number of benzene rings is 3. The molecule has 1 heterocycles. The number of carbonyl (C=O) groups excluding carboxylic acids is 1. The van der Waals surface area contributed by atoms with Crippen molar-refractivity contribution >= 4 is 41.2 Å². The Bertz CT molecular complexity index is 1410. The van der Waals surface area contributed by atoms with Crippen molar-refractivity contribution in [1.82, 2.24) is 20.2 Å². The Morgan fingerprint density at radius 2 is 1.92 bits per heavy atom. The van der Waals surface area contributed by atoms with Crippen LogP contribution in [0.1, 0.15) is 5.56 Å². The third-order valence-corrected chi connectivity index (χ3v) is 6.18. The maximum absolute atomic E-state index is 12.4. The number of non-ortho nitro benzene ring substituents is 1. The summed E-state index contributed by atoms with van der Waals surface area (Å²) in [5.41, 5.74) is 4.26. The standard InChI is InChI=1S/C24H19ClN6O4S/c1-35-20-10-7-18(8-11-20)30-23(16-5-3-2-4-6-16)28-29-24(30)36-15-22(32)27-26-14-17-13-19(31(33)34)9-12-21(17)25/h2-14H,15H2,1H3,(H,27,32). The number of halogens is 1. The Kier molecular flexibility index (Phi) is 7.93. The van der Waals surface area contributed by atoms with Gasteiger partial charge in [0.1, 0.15) is 5.75 Å². The Balaban J connectivity index is 1.50. The van der Waals surface area contributed by atoms with E-state index in [1.807, 2.05) is 59.2 Å². The van der Waals surface area contributed by atoms with Crippen molar-refractivity contribution in [2.45, 2.75) is 5.16 Å². The SMILES string of the molecule is COc1ccc(-n2c(SCC(=O)NN=Cc3cc([N+](=O)[O-])ccc3Cl)nnc2-c2ccccc2)cc1. The van der Waals surface area contributed by atoms with Crippen LogP contribution in [0.15, 0.2) is 83.1 Å². The molecule has 3 aromatic carbocycles. The molecule has 0 atom stereocenters. The molecule has 1 aromatic heterocycles. The van der Waals surface area contributed by atoms with Crippen LogP contribution in [0.4, 0.5) is 5.69 Å². The molecule has 12 heteroatoms. The number of thioether (sulfide) groups is 1. The van der Waals surface area contributed by atoms with E-state index in [2.05, 4.69) is 20.7 Å². The van der Waals surface area contributed by atoms with Gasteiger partial charge in [-0.2, -0.15) is 5.10 Å². The van der Waals surface area contributed by atoms with E-state index in [0.29, 0.717) is 22.3 Å². The normalized spacial score (nSPS) is 10.9. The quantitative estimate of drug-likeness (QED) is 0.145. The molecule has 0 fully saturated rings. The Hall–Kier alpha value is -4.22. The summed E-state index contributed by atoms with van der Waals surface area (Å²) in [6, 6.07) is 21.0. The lowest BCUT2D eigenvalue weighted by Crippen LogP contribution is -2.20. The van der Waals surface area contributed by atoms with Crippen LogP contribution in [0, 0.1) is 10.1 Å². The smallest absolute Gasteiger partial charge is 0.270 e. The number of aromatic nitrogens is 3. The molecule has 0 bridgehead atoms. The summed E-state index contributed by atoms with van der Waals surface area (Å²) < 4.78 is 7.11. The number of ether oxygens (including phenoxy) is 1. The van der Waals surface area contributed by atoms with Gasteiger partial charge in [-0.1, -0.05) is 53.7 Å². The third-order valence-electron chi connectivity index (χ3n) is 4.91. The van der Waals surface area contributed by atoms with Gasteiger partial charge in [0.25, 0.3) is 11.6 Å². The van der Waals surface area contributed by atoms with E-state index in [9.17, 15) is 14.9 Å². The van der Waals surface area contributed by atoms with Gasteiger partial charge in [-0.15, -0.1) is 10.2 Å². The predicted octanol–water partition coefficient (Wildman–Crippen LogP) is 4.75. The zero-order valence-electron chi connectivity index (χ0n) is 18.9. The van der Waals surface area contributed by atoms with Gasteiger partial charge < -0.3 is 4.74 Å². The second-order valence-electron chi connectivity index (χ2n) is 7.25. The lowest BCUT2D eigenvalue weighted by Gasteiger charge is -2.11. The number of hydrazone groups is 1. The van der Waals surface area contributed by atoms with E-state index < -0.39 is 10.8 Å². The van der Waals surface area contributed by atoms with Crippen molar-refractivity contribution in [2.75, 3.05) is 12.9 Å². The number of rotatable bonds is 9. The fraction of sp³-hybridized carbons (Fsp3) is 0.0833. The minimum atomic E-state index is -0.536. The molecule has 0 spiro atoms. The van der Waals surface area contributed by atoms with Gasteiger partial charge in [-0.3, -0.25) is 19.5 Å². The summed E-state index contributed by atoms with van der Waals surface area (Å²) in [5, 5.41) is 24.2. The van der Waals surface area contributed by atoms with Gasteiger partial charge in [-0.05, 0) is 30.3 Å². The number of nitrogens with zero attached hydrogens (tertiary/aromatic N) is 5. The average molecular weight is 523 g/mol. The molecule has 0 saturated heterocycles. The van der Waals surface area contributed by atoms with E-state index in [1.165, 1.54) is 36.2 Å². The molecule has 1 N–H and O–H groups in total. The zero-order valence-corrected chi connectivity index (χ0v) is 20.4. The first kappa shape index (κ1) is 24.9. The number of carbonyl (C=O) groups is 1. The topological polar surface area (TPSA) is 125 Å². The number of hydrogen-bond donors (Lipinski definition) is 1. The second-order valence-corrected chi connectivity index (χ2v) is 8.60. The van der Waals surface area contributed by atoms with Crippen LogP contribution in [0.2, 0.25) is 5.02 Å². The summed E-state index contributed by atoms with van der Waals surface area (Å²) in [4.78, 5) is 22.8. The second kappa shape index (κ2) is 11.5. The first-order valence-corrected chi connectivity index (χ1v) is 11.9. The molecule has 4 rings (SSSR count). The summed E-state index contributed by atoms with van der Waals surface area (Å²) in [6.45, 7) is 0. The first-order chi connectivity index (χ1) is 17.5. The summed E-state index contributed by atoms with van der Waals surface area (Å²) in [6.07, 6.45) is 1.26. The monoisotopic (exact) mass is 522 g/mol. The Morgan fingerprint density at radius 3 is 2.61 bits per heavy atom. The molecule has 0 unspecified atom stereocenters. The van der Waals surface area contributed by atoms with Crippen LogP contribution in [0.3, 0.4) is 0 Å². The highest BCUT2D eigenvalue weighted by Gasteiger charge is 2.17. The number of methoxy groups -OCH3 is 1. The van der Waals surface area contributed by atoms with Crippen LogP contribution in [-0.2, 0) is 4.79 Å². The zero-order chi connectivity index (χ0) is 25.5. The van der Waals surface area contributed by atoms with Gasteiger partial charge in [0.05, 0.1) is 24.0 Å². The lowest BCUT2D eigenvalue weighted by molar-refractivity contribution is -0.384. The Labute approximate surface area is 215 Å². The van der Waals surface area contributed by atoms with E-state index in [-0.39, 0.29) is 16.5 Å². The minimum Gasteiger partial charge on any atom is -0.497 e. The molecular weight excluding hydrogens is 504 g/mol. The number of amides is 1. The van der Waals surface area contributed by atoms with Crippen molar-refractivity contribution in [3.8, 4) is 22.8 Å². The fourth-order valence-corrected chi connectivity index (χ4v) is 4.09. The molecule has 10 nitrogen and oxygen atoms in total. The van der Waals surface area contributed by atoms with E-state index in [1.54, 1.807) is 7.11 Å². The van der Waals surface area contributed by atoms with Crippen molar-refractivity contribution < 1.29 is 14.5 Å². The number of nitro benzene ring substituents is 1. The van der Waals surface area contributed by atoms with E-state index in [4.69, 9.17) is 16.3 Å². The summed E-state index contributed by atoms with van der Waals surface area (Å²) >= 11 is 7.24. The number of nitro groups is 1. The van der Waals surface area contributed by atoms with E-state index >= 15 is 0 Å². The molecule has 0 saturated carbocycles. The van der Waals surface area contributed by atoms with Gasteiger partial charge in [0, 0.05) is 34.0 Å². The largest absolute Gasteiger partial charge is 0.497 e. The molecule has 1 amide bonds. The molecule has 0 aliphatic heterocycles. The van der Waals surface area contributed by atoms with Gasteiger partial charge in [-0.25, -0.2) is 5.43 Å². The maximum atomic E-state index is 12.4. The fourth-order valence-electron chi connectivity index (χ4n) is 3.18. The summed E-state index contributed by atoms with van der Waals surface area (Å²) in [7, 11) is 1.60. The molecule has 182 valence electrons. The highest BCUT2D eigenvalue weighted by molar-refractivity contribution is 7.99.